The van der Waals surface area contributed by atoms with Crippen molar-refractivity contribution in [1.29, 1.82) is 0 Å². The van der Waals surface area contributed by atoms with Crippen molar-refractivity contribution < 1.29 is 4.79 Å². The van der Waals surface area contributed by atoms with Gasteiger partial charge in [0.25, 0.3) is 0 Å². The van der Waals surface area contributed by atoms with E-state index in [2.05, 4.69) is 10.3 Å². The number of nitrogen functional groups attached to an aromatic ring is 1. The van der Waals surface area contributed by atoms with Crippen molar-refractivity contribution in [3.05, 3.63) is 53.2 Å². The number of carbonyl (C=O) groups is 1. The third-order valence-electron chi connectivity index (χ3n) is 3.43. The summed E-state index contributed by atoms with van der Waals surface area (Å²) in [6, 6.07) is 9.56. The normalized spacial score (nSPS) is 18.3. The number of urea groups is 1. The molecule has 2 heterocycles. The highest BCUT2D eigenvalue weighted by atomic mass is 32.1. The van der Waals surface area contributed by atoms with Crippen LogP contribution < -0.4 is 11.1 Å². The number of aromatic nitrogens is 1. The minimum atomic E-state index is -0.206. The molecular weight excluding hydrogens is 284 g/mol. The van der Waals surface area contributed by atoms with E-state index in [1.54, 1.807) is 4.90 Å². The van der Waals surface area contributed by atoms with Crippen molar-refractivity contribution in [2.24, 2.45) is 0 Å². The SMILES string of the molecule is CCN1C=C(c2csc(N)n2)C(c2ccccc2)NC1=O. The number of thiazole rings is 1. The van der Waals surface area contributed by atoms with E-state index in [4.69, 9.17) is 5.73 Å². The number of nitrogens with zero attached hydrogens (tertiary/aromatic N) is 2. The zero-order chi connectivity index (χ0) is 14.8. The van der Waals surface area contributed by atoms with Crippen LogP contribution in [0.3, 0.4) is 0 Å². The lowest BCUT2D eigenvalue weighted by molar-refractivity contribution is 0.212. The molecule has 0 saturated carbocycles. The summed E-state index contributed by atoms with van der Waals surface area (Å²) in [7, 11) is 0. The van der Waals surface area contributed by atoms with Gasteiger partial charge in [0.15, 0.2) is 5.13 Å². The fourth-order valence-electron chi connectivity index (χ4n) is 2.36. The summed E-state index contributed by atoms with van der Waals surface area (Å²) < 4.78 is 0. The van der Waals surface area contributed by atoms with Crippen LogP contribution in [-0.2, 0) is 0 Å². The Morgan fingerprint density at radius 1 is 1.38 bits per heavy atom. The highest BCUT2D eigenvalue weighted by molar-refractivity contribution is 7.13. The number of hydrogen-bond donors (Lipinski definition) is 2. The zero-order valence-corrected chi connectivity index (χ0v) is 12.4. The first kappa shape index (κ1) is 13.6. The standard InChI is InChI=1S/C15H16N4OS/c1-2-19-8-11(12-9-21-14(16)17-12)13(18-15(19)20)10-6-4-3-5-7-10/h3-9,13H,2H2,1H3,(H2,16,17)(H,18,20). The number of carbonyl (C=O) groups excluding carboxylic acids is 1. The van der Waals surface area contributed by atoms with Gasteiger partial charge in [0, 0.05) is 23.7 Å². The summed E-state index contributed by atoms with van der Waals surface area (Å²) in [6.07, 6.45) is 1.87. The van der Waals surface area contributed by atoms with E-state index in [9.17, 15) is 4.79 Å². The molecule has 3 rings (SSSR count). The van der Waals surface area contributed by atoms with E-state index in [0.717, 1.165) is 16.8 Å². The van der Waals surface area contributed by atoms with Crippen LogP contribution in [0.2, 0.25) is 0 Å². The van der Waals surface area contributed by atoms with Crippen LogP contribution in [0.1, 0.15) is 24.2 Å². The second-order valence-corrected chi connectivity index (χ2v) is 5.62. The van der Waals surface area contributed by atoms with E-state index >= 15 is 0 Å². The molecule has 6 heteroatoms. The van der Waals surface area contributed by atoms with Crippen molar-refractivity contribution >= 4 is 28.1 Å². The minimum Gasteiger partial charge on any atom is -0.375 e. The maximum atomic E-state index is 12.1. The molecule has 1 aromatic carbocycles. The number of anilines is 1. The first-order valence-electron chi connectivity index (χ1n) is 6.74. The molecule has 0 fully saturated rings. The van der Waals surface area contributed by atoms with Crippen LogP contribution in [0.15, 0.2) is 41.9 Å². The second kappa shape index (κ2) is 5.57. The van der Waals surface area contributed by atoms with Gasteiger partial charge >= 0.3 is 6.03 Å². The van der Waals surface area contributed by atoms with Gasteiger partial charge in [0.05, 0.1) is 11.7 Å². The molecule has 0 spiro atoms. The maximum absolute atomic E-state index is 12.1. The van der Waals surface area contributed by atoms with Gasteiger partial charge in [-0.15, -0.1) is 11.3 Å². The summed E-state index contributed by atoms with van der Waals surface area (Å²) in [6.45, 7) is 2.54. The van der Waals surface area contributed by atoms with Gasteiger partial charge in [0.1, 0.15) is 0 Å². The van der Waals surface area contributed by atoms with Crippen LogP contribution in [0.4, 0.5) is 9.93 Å². The van der Waals surface area contributed by atoms with Crippen LogP contribution in [0, 0.1) is 0 Å². The summed E-state index contributed by atoms with van der Waals surface area (Å²) in [4.78, 5) is 18.1. The smallest absolute Gasteiger partial charge is 0.322 e. The summed E-state index contributed by atoms with van der Waals surface area (Å²) in [5.41, 5.74) is 8.53. The second-order valence-electron chi connectivity index (χ2n) is 4.73. The maximum Gasteiger partial charge on any atom is 0.322 e. The molecule has 108 valence electrons. The molecule has 5 nitrogen and oxygen atoms in total. The van der Waals surface area contributed by atoms with Gasteiger partial charge in [-0.05, 0) is 12.5 Å². The Hall–Kier alpha value is -2.34. The topological polar surface area (TPSA) is 71.2 Å². The summed E-state index contributed by atoms with van der Waals surface area (Å²) in [5.74, 6) is 0. The Labute approximate surface area is 127 Å². The first-order chi connectivity index (χ1) is 10.2. The zero-order valence-electron chi connectivity index (χ0n) is 11.6. The molecular formula is C15H16N4OS. The molecule has 1 aliphatic rings. The van der Waals surface area contributed by atoms with Gasteiger partial charge in [-0.1, -0.05) is 30.3 Å². The number of nitrogens with one attached hydrogen (secondary N) is 1. The van der Waals surface area contributed by atoms with Crippen LogP contribution in [-0.4, -0.2) is 22.5 Å². The minimum absolute atomic E-state index is 0.0988. The van der Waals surface area contributed by atoms with Gasteiger partial charge in [0.2, 0.25) is 0 Å². The molecule has 0 bridgehead atoms. The highest BCUT2D eigenvalue weighted by Crippen LogP contribution is 2.34. The van der Waals surface area contributed by atoms with Crippen molar-refractivity contribution in [3.63, 3.8) is 0 Å². The molecule has 0 radical (unpaired) electrons. The number of amides is 2. The molecule has 2 amide bonds. The van der Waals surface area contributed by atoms with E-state index in [0.29, 0.717) is 11.7 Å². The van der Waals surface area contributed by atoms with E-state index in [1.165, 1.54) is 11.3 Å². The molecule has 21 heavy (non-hydrogen) atoms. The third-order valence-corrected chi connectivity index (χ3v) is 4.10. The van der Waals surface area contributed by atoms with Crippen molar-refractivity contribution in [3.8, 4) is 0 Å². The van der Waals surface area contributed by atoms with Crippen LogP contribution in [0.5, 0.6) is 0 Å². The quantitative estimate of drug-likeness (QED) is 0.915. The molecule has 0 saturated heterocycles. The lowest BCUT2D eigenvalue weighted by atomic mass is 9.96. The average Bonchev–Trinajstić information content (AvgIpc) is 2.94. The van der Waals surface area contributed by atoms with Gasteiger partial charge in [-0.3, -0.25) is 0 Å². The number of benzene rings is 1. The lowest BCUT2D eigenvalue weighted by Gasteiger charge is -2.31. The molecule has 1 unspecified atom stereocenters. The van der Waals surface area contributed by atoms with Crippen LogP contribution in [0.25, 0.3) is 5.57 Å². The number of hydrogen-bond acceptors (Lipinski definition) is 4. The van der Waals surface area contributed by atoms with Crippen molar-refractivity contribution in [2.75, 3.05) is 12.3 Å². The Morgan fingerprint density at radius 2 is 2.14 bits per heavy atom. The predicted octanol–water partition coefficient (Wildman–Crippen LogP) is 2.85. The average molecular weight is 300 g/mol. The number of rotatable bonds is 3. The highest BCUT2D eigenvalue weighted by Gasteiger charge is 2.29. The molecule has 2 aromatic rings. The lowest BCUT2D eigenvalue weighted by Crippen LogP contribution is -2.43. The van der Waals surface area contributed by atoms with E-state index < -0.39 is 0 Å². The Morgan fingerprint density at radius 3 is 2.76 bits per heavy atom. The molecule has 1 aliphatic heterocycles. The van der Waals surface area contributed by atoms with Crippen LogP contribution >= 0.6 is 11.3 Å². The van der Waals surface area contributed by atoms with E-state index in [1.807, 2.05) is 48.8 Å². The number of nitrogens with two attached hydrogens (primary N) is 1. The Balaban J connectivity index is 2.06. The fraction of sp³-hybridized carbons (Fsp3) is 0.200. The Kier molecular flexibility index (Phi) is 3.62. The first-order valence-corrected chi connectivity index (χ1v) is 7.62. The fourth-order valence-corrected chi connectivity index (χ4v) is 2.93. The summed E-state index contributed by atoms with van der Waals surface area (Å²) >= 11 is 1.40. The Bertz CT molecular complexity index is 680. The van der Waals surface area contributed by atoms with Gasteiger partial charge < -0.3 is 16.0 Å². The molecule has 3 N–H and O–H groups in total. The monoisotopic (exact) mass is 300 g/mol. The molecule has 1 atom stereocenters. The molecule has 1 aromatic heterocycles. The van der Waals surface area contributed by atoms with Gasteiger partial charge in [-0.25, -0.2) is 9.78 Å². The van der Waals surface area contributed by atoms with E-state index in [-0.39, 0.29) is 12.1 Å². The largest absolute Gasteiger partial charge is 0.375 e. The van der Waals surface area contributed by atoms with Gasteiger partial charge in [-0.2, -0.15) is 0 Å². The molecule has 0 aliphatic carbocycles. The predicted molar refractivity (Wildman–Crippen MR) is 84.6 cm³/mol. The third kappa shape index (κ3) is 2.62. The summed E-state index contributed by atoms with van der Waals surface area (Å²) in [5, 5.41) is 5.48. The van der Waals surface area contributed by atoms with Crippen molar-refractivity contribution in [1.82, 2.24) is 15.2 Å². The van der Waals surface area contributed by atoms with Crippen molar-refractivity contribution in [2.45, 2.75) is 13.0 Å².